The van der Waals surface area contributed by atoms with Gasteiger partial charge in [0.15, 0.2) is 0 Å². The lowest BCUT2D eigenvalue weighted by atomic mass is 9.97. The van der Waals surface area contributed by atoms with Crippen molar-refractivity contribution in [2.75, 3.05) is 32.8 Å². The van der Waals surface area contributed by atoms with Crippen molar-refractivity contribution in [3.63, 3.8) is 0 Å². The Morgan fingerprint density at radius 2 is 1.61 bits per heavy atom. The molecule has 33 heavy (non-hydrogen) atoms. The normalized spacial score (nSPS) is 18.6. The van der Waals surface area contributed by atoms with Crippen LogP contribution in [-0.4, -0.2) is 56.3 Å². The highest BCUT2D eigenvalue weighted by molar-refractivity contribution is 7.89. The van der Waals surface area contributed by atoms with Gasteiger partial charge < -0.3 is 9.64 Å². The molecule has 2 fully saturated rings. The highest BCUT2D eigenvalue weighted by Crippen LogP contribution is 2.29. The number of hydrogen-bond donors (Lipinski definition) is 0. The van der Waals surface area contributed by atoms with Gasteiger partial charge in [-0.05, 0) is 61.9 Å². The van der Waals surface area contributed by atoms with E-state index in [9.17, 15) is 13.2 Å². The number of benzene rings is 2. The van der Waals surface area contributed by atoms with Crippen LogP contribution in [0.15, 0.2) is 53.4 Å². The molecule has 178 valence electrons. The lowest BCUT2D eigenvalue weighted by molar-refractivity contribution is 0.0661. The van der Waals surface area contributed by atoms with Crippen molar-refractivity contribution in [2.24, 2.45) is 5.92 Å². The van der Waals surface area contributed by atoms with Crippen LogP contribution < -0.4 is 4.74 Å². The quantitative estimate of drug-likeness (QED) is 0.581. The molecule has 0 bridgehead atoms. The van der Waals surface area contributed by atoms with Crippen LogP contribution in [0.25, 0.3) is 0 Å². The van der Waals surface area contributed by atoms with Crippen molar-refractivity contribution < 1.29 is 17.9 Å². The third-order valence-electron chi connectivity index (χ3n) is 6.49. The molecule has 2 heterocycles. The number of likely N-dealkylation sites (tertiary alicyclic amines) is 1. The van der Waals surface area contributed by atoms with Crippen LogP contribution in [-0.2, 0) is 10.0 Å². The van der Waals surface area contributed by atoms with Crippen molar-refractivity contribution in [3.05, 3.63) is 59.1 Å². The molecule has 2 aliphatic rings. The molecule has 0 aliphatic carbocycles. The molecule has 0 unspecified atom stereocenters. The van der Waals surface area contributed by atoms with Gasteiger partial charge in [-0.1, -0.05) is 42.6 Å². The Morgan fingerprint density at radius 3 is 2.27 bits per heavy atom. The van der Waals surface area contributed by atoms with Crippen molar-refractivity contribution in [3.8, 4) is 5.75 Å². The highest BCUT2D eigenvalue weighted by atomic mass is 35.5. The molecule has 0 saturated carbocycles. The first-order chi connectivity index (χ1) is 15.9. The zero-order valence-corrected chi connectivity index (χ0v) is 20.4. The number of carbonyl (C=O) groups is 1. The molecular weight excluding hydrogens is 460 g/mol. The van der Waals surface area contributed by atoms with Gasteiger partial charge in [-0.15, -0.1) is 0 Å². The fourth-order valence-corrected chi connectivity index (χ4v) is 6.49. The molecule has 6 nitrogen and oxygen atoms in total. The fraction of sp³-hybridized carbons (Fsp3) is 0.480. The van der Waals surface area contributed by atoms with E-state index in [1.54, 1.807) is 11.0 Å². The van der Waals surface area contributed by atoms with Crippen molar-refractivity contribution in [1.82, 2.24) is 9.21 Å². The van der Waals surface area contributed by atoms with Gasteiger partial charge in [0.1, 0.15) is 10.6 Å². The predicted octanol–water partition coefficient (Wildman–Crippen LogP) is 4.84. The molecule has 1 amide bonds. The van der Waals surface area contributed by atoms with E-state index >= 15 is 0 Å². The van der Waals surface area contributed by atoms with Gasteiger partial charge in [-0.3, -0.25) is 4.79 Å². The van der Waals surface area contributed by atoms with E-state index in [4.69, 9.17) is 16.3 Å². The largest absolute Gasteiger partial charge is 0.493 e. The lowest BCUT2D eigenvalue weighted by Gasteiger charge is -2.32. The molecule has 0 atom stereocenters. The van der Waals surface area contributed by atoms with Gasteiger partial charge >= 0.3 is 0 Å². The maximum Gasteiger partial charge on any atom is 0.253 e. The van der Waals surface area contributed by atoms with Gasteiger partial charge in [0.05, 0.1) is 11.6 Å². The second kappa shape index (κ2) is 10.9. The minimum atomic E-state index is -3.73. The maximum atomic E-state index is 13.2. The zero-order valence-electron chi connectivity index (χ0n) is 18.8. The smallest absolute Gasteiger partial charge is 0.253 e. The summed E-state index contributed by atoms with van der Waals surface area (Å²) in [7, 11) is -3.73. The van der Waals surface area contributed by atoms with Gasteiger partial charge in [0.2, 0.25) is 10.0 Å². The lowest BCUT2D eigenvalue weighted by Crippen LogP contribution is -2.39. The van der Waals surface area contributed by atoms with Gasteiger partial charge in [-0.2, -0.15) is 4.31 Å². The van der Waals surface area contributed by atoms with Crippen molar-refractivity contribution in [2.45, 2.75) is 43.4 Å². The minimum absolute atomic E-state index is 0.0306. The molecule has 0 spiro atoms. The summed E-state index contributed by atoms with van der Waals surface area (Å²) < 4.78 is 33.9. The molecular formula is C25H31ClN2O4S. The summed E-state index contributed by atoms with van der Waals surface area (Å²) >= 11 is 6.29. The first kappa shape index (κ1) is 24.0. The molecule has 2 aromatic rings. The Morgan fingerprint density at radius 1 is 0.939 bits per heavy atom. The summed E-state index contributed by atoms with van der Waals surface area (Å²) in [5.74, 6) is 1.09. The minimum Gasteiger partial charge on any atom is -0.493 e. The summed E-state index contributed by atoms with van der Waals surface area (Å²) in [6.45, 7) is 2.87. The van der Waals surface area contributed by atoms with E-state index in [1.165, 1.54) is 16.4 Å². The summed E-state index contributed by atoms with van der Waals surface area (Å²) in [4.78, 5) is 15.0. The third kappa shape index (κ3) is 5.89. The van der Waals surface area contributed by atoms with Crippen LogP contribution in [0.2, 0.25) is 5.02 Å². The first-order valence-electron chi connectivity index (χ1n) is 11.7. The Kier molecular flexibility index (Phi) is 7.94. The van der Waals surface area contributed by atoms with Crippen LogP contribution in [0.5, 0.6) is 5.75 Å². The number of halogens is 1. The molecule has 0 radical (unpaired) electrons. The Hall–Kier alpha value is -2.09. The van der Waals surface area contributed by atoms with E-state index in [0.717, 1.165) is 44.3 Å². The van der Waals surface area contributed by atoms with Crippen LogP contribution in [0, 0.1) is 5.92 Å². The Labute approximate surface area is 201 Å². The fourth-order valence-electron chi connectivity index (χ4n) is 4.47. The van der Waals surface area contributed by atoms with Crippen LogP contribution >= 0.6 is 11.6 Å². The Bertz CT molecular complexity index is 1050. The number of para-hydroxylation sites is 1. The number of sulfonamides is 1. The number of rotatable bonds is 6. The van der Waals surface area contributed by atoms with E-state index in [-0.39, 0.29) is 15.8 Å². The van der Waals surface area contributed by atoms with Crippen LogP contribution in [0.1, 0.15) is 48.9 Å². The second-order valence-corrected chi connectivity index (χ2v) is 11.1. The average molecular weight is 491 g/mol. The number of piperidine rings is 1. The van der Waals surface area contributed by atoms with E-state index in [0.29, 0.717) is 44.3 Å². The monoisotopic (exact) mass is 490 g/mol. The average Bonchev–Trinajstić information content (AvgIpc) is 3.14. The van der Waals surface area contributed by atoms with E-state index < -0.39 is 10.0 Å². The molecule has 0 aromatic heterocycles. The number of nitrogens with zero attached hydrogens (tertiary/aromatic N) is 2. The topological polar surface area (TPSA) is 66.9 Å². The SMILES string of the molecule is O=C(c1ccc(Cl)c(S(=O)(=O)N2CCCCCC2)c1)N1CCC(COc2ccccc2)CC1. The van der Waals surface area contributed by atoms with Gasteiger partial charge in [0, 0.05) is 31.7 Å². The molecule has 2 saturated heterocycles. The van der Waals surface area contributed by atoms with Gasteiger partial charge in [0.25, 0.3) is 5.91 Å². The molecule has 2 aromatic carbocycles. The van der Waals surface area contributed by atoms with Crippen molar-refractivity contribution >= 4 is 27.5 Å². The molecule has 8 heteroatoms. The summed E-state index contributed by atoms with van der Waals surface area (Å²) in [5.41, 5.74) is 0.367. The first-order valence-corrected chi connectivity index (χ1v) is 13.5. The van der Waals surface area contributed by atoms with Gasteiger partial charge in [-0.25, -0.2) is 8.42 Å². The van der Waals surface area contributed by atoms with E-state index in [2.05, 4.69) is 0 Å². The summed E-state index contributed by atoms with van der Waals surface area (Å²) in [6, 6.07) is 14.3. The third-order valence-corrected chi connectivity index (χ3v) is 8.87. The summed E-state index contributed by atoms with van der Waals surface area (Å²) in [5, 5.41) is 0.160. The second-order valence-electron chi connectivity index (χ2n) is 8.82. The number of carbonyl (C=O) groups excluding carboxylic acids is 1. The van der Waals surface area contributed by atoms with E-state index in [1.807, 2.05) is 30.3 Å². The van der Waals surface area contributed by atoms with Crippen LogP contribution in [0.4, 0.5) is 0 Å². The molecule has 2 aliphatic heterocycles. The molecule has 0 N–H and O–H groups in total. The Balaban J connectivity index is 1.40. The van der Waals surface area contributed by atoms with Crippen molar-refractivity contribution in [1.29, 1.82) is 0 Å². The van der Waals surface area contributed by atoms with Crippen LogP contribution in [0.3, 0.4) is 0 Å². The number of ether oxygens (including phenoxy) is 1. The number of amides is 1. The molecule has 4 rings (SSSR count). The summed E-state index contributed by atoms with van der Waals surface area (Å²) in [6.07, 6.45) is 5.46. The zero-order chi connectivity index (χ0) is 23.3. The maximum absolute atomic E-state index is 13.2. The highest BCUT2D eigenvalue weighted by Gasteiger charge is 2.30. The predicted molar refractivity (Wildman–Crippen MR) is 129 cm³/mol. The standard InChI is InChI=1S/C25H31ClN2O4S/c26-23-11-10-21(18-24(23)33(30,31)28-14-6-1-2-7-15-28)25(29)27-16-12-20(13-17-27)19-32-22-8-4-3-5-9-22/h3-5,8-11,18,20H,1-2,6-7,12-17,19H2. The number of hydrogen-bond acceptors (Lipinski definition) is 4.